The number of rotatable bonds is 7. The maximum Gasteiger partial charge on any atom is 0.119 e. The molecule has 1 fully saturated rings. The lowest BCUT2D eigenvalue weighted by atomic mass is 9.78. The molecule has 0 spiro atoms. The van der Waals surface area contributed by atoms with Gasteiger partial charge in [-0.15, -0.1) is 0 Å². The first-order valence-electron chi connectivity index (χ1n) is 6.65. The van der Waals surface area contributed by atoms with Crippen molar-refractivity contribution in [3.8, 4) is 5.75 Å². The van der Waals surface area contributed by atoms with Gasteiger partial charge >= 0.3 is 0 Å². The van der Waals surface area contributed by atoms with E-state index in [0.29, 0.717) is 6.54 Å². The van der Waals surface area contributed by atoms with Crippen LogP contribution in [-0.2, 0) is 6.42 Å². The SMILES string of the molecule is COc1cccc(CC(CN)(CO)CC2CC2)c1. The Bertz CT molecular complexity index is 384. The van der Waals surface area contributed by atoms with Crippen molar-refractivity contribution in [2.45, 2.75) is 25.7 Å². The van der Waals surface area contributed by atoms with Crippen LogP contribution in [0.25, 0.3) is 0 Å². The fourth-order valence-corrected chi connectivity index (χ4v) is 2.56. The molecule has 0 heterocycles. The lowest BCUT2D eigenvalue weighted by Gasteiger charge is -2.31. The fraction of sp³-hybridized carbons (Fsp3) is 0.600. The van der Waals surface area contributed by atoms with E-state index in [1.54, 1.807) is 7.11 Å². The Morgan fingerprint density at radius 3 is 2.78 bits per heavy atom. The van der Waals surface area contributed by atoms with E-state index >= 15 is 0 Å². The fourth-order valence-electron chi connectivity index (χ4n) is 2.56. The second-order valence-electron chi connectivity index (χ2n) is 5.54. The van der Waals surface area contributed by atoms with Crippen LogP contribution in [0.1, 0.15) is 24.8 Å². The molecule has 18 heavy (non-hydrogen) atoms. The number of ether oxygens (including phenoxy) is 1. The molecule has 3 heteroatoms. The molecule has 1 unspecified atom stereocenters. The first kappa shape index (κ1) is 13.4. The van der Waals surface area contributed by atoms with E-state index < -0.39 is 0 Å². The minimum absolute atomic E-state index is 0.159. The van der Waals surface area contributed by atoms with Gasteiger partial charge in [0.25, 0.3) is 0 Å². The highest BCUT2D eigenvalue weighted by Crippen LogP contribution is 2.41. The predicted octanol–water partition coefficient (Wildman–Crippen LogP) is 1.98. The van der Waals surface area contributed by atoms with Gasteiger partial charge in [-0.3, -0.25) is 0 Å². The van der Waals surface area contributed by atoms with Crippen LogP contribution in [0.15, 0.2) is 24.3 Å². The van der Waals surface area contributed by atoms with Crippen LogP contribution in [0.3, 0.4) is 0 Å². The molecule has 0 radical (unpaired) electrons. The Balaban J connectivity index is 2.10. The van der Waals surface area contributed by atoms with Crippen molar-refractivity contribution < 1.29 is 9.84 Å². The number of aliphatic hydroxyl groups excluding tert-OH is 1. The van der Waals surface area contributed by atoms with Crippen molar-refractivity contribution in [1.29, 1.82) is 0 Å². The second kappa shape index (κ2) is 5.72. The Morgan fingerprint density at radius 1 is 1.44 bits per heavy atom. The highest BCUT2D eigenvalue weighted by molar-refractivity contribution is 5.29. The summed E-state index contributed by atoms with van der Waals surface area (Å²) < 4.78 is 5.24. The van der Waals surface area contributed by atoms with Crippen LogP contribution in [0.4, 0.5) is 0 Å². The highest BCUT2D eigenvalue weighted by Gasteiger charge is 2.35. The van der Waals surface area contributed by atoms with Gasteiger partial charge in [0.2, 0.25) is 0 Å². The summed E-state index contributed by atoms with van der Waals surface area (Å²) in [5, 5.41) is 9.73. The van der Waals surface area contributed by atoms with Crippen molar-refractivity contribution in [2.75, 3.05) is 20.3 Å². The van der Waals surface area contributed by atoms with Crippen LogP contribution in [0.5, 0.6) is 5.75 Å². The molecule has 3 N–H and O–H groups in total. The maximum atomic E-state index is 9.73. The molecule has 1 aliphatic rings. The molecule has 100 valence electrons. The van der Waals surface area contributed by atoms with Crippen LogP contribution in [-0.4, -0.2) is 25.4 Å². The predicted molar refractivity (Wildman–Crippen MR) is 72.6 cm³/mol. The molecule has 0 aromatic heterocycles. The van der Waals surface area contributed by atoms with Crippen LogP contribution in [0.2, 0.25) is 0 Å². The lowest BCUT2D eigenvalue weighted by molar-refractivity contribution is 0.115. The summed E-state index contributed by atoms with van der Waals surface area (Å²) in [7, 11) is 1.67. The average Bonchev–Trinajstić information content (AvgIpc) is 3.22. The molecule has 1 aromatic carbocycles. The van der Waals surface area contributed by atoms with Crippen molar-refractivity contribution in [3.63, 3.8) is 0 Å². The van der Waals surface area contributed by atoms with Crippen LogP contribution in [0, 0.1) is 11.3 Å². The quantitative estimate of drug-likeness (QED) is 0.777. The van der Waals surface area contributed by atoms with Gasteiger partial charge in [0, 0.05) is 12.0 Å². The first-order valence-corrected chi connectivity index (χ1v) is 6.65. The van der Waals surface area contributed by atoms with Crippen LogP contribution < -0.4 is 10.5 Å². The monoisotopic (exact) mass is 249 g/mol. The molecular formula is C15H23NO2. The molecule has 1 atom stereocenters. The number of methoxy groups -OCH3 is 1. The summed E-state index contributed by atoms with van der Waals surface area (Å²) in [5.74, 6) is 1.63. The molecule has 0 aliphatic heterocycles. The third-order valence-electron chi connectivity index (χ3n) is 3.90. The van der Waals surface area contributed by atoms with Crippen molar-refractivity contribution in [3.05, 3.63) is 29.8 Å². The highest BCUT2D eigenvalue weighted by atomic mass is 16.5. The van der Waals surface area contributed by atoms with Gasteiger partial charge in [-0.2, -0.15) is 0 Å². The summed E-state index contributed by atoms with van der Waals surface area (Å²) in [5.41, 5.74) is 6.95. The van der Waals surface area contributed by atoms with Crippen LogP contribution >= 0.6 is 0 Å². The summed E-state index contributed by atoms with van der Waals surface area (Å²) in [6.07, 6.45) is 4.45. The van der Waals surface area contributed by atoms with Gasteiger partial charge in [-0.25, -0.2) is 0 Å². The number of hydrogen-bond acceptors (Lipinski definition) is 3. The van der Waals surface area contributed by atoms with E-state index in [-0.39, 0.29) is 12.0 Å². The van der Waals surface area contributed by atoms with Crippen molar-refractivity contribution >= 4 is 0 Å². The minimum atomic E-state index is -0.159. The molecule has 3 nitrogen and oxygen atoms in total. The van der Waals surface area contributed by atoms with E-state index in [9.17, 15) is 5.11 Å². The zero-order valence-corrected chi connectivity index (χ0v) is 11.1. The molecule has 2 rings (SSSR count). The molecule has 1 aromatic rings. The average molecular weight is 249 g/mol. The number of hydrogen-bond donors (Lipinski definition) is 2. The topological polar surface area (TPSA) is 55.5 Å². The van der Waals surface area contributed by atoms with Gasteiger partial charge in [-0.1, -0.05) is 25.0 Å². The van der Waals surface area contributed by atoms with E-state index in [1.807, 2.05) is 18.2 Å². The maximum absolute atomic E-state index is 9.73. The molecule has 1 saturated carbocycles. The largest absolute Gasteiger partial charge is 0.497 e. The summed E-state index contributed by atoms with van der Waals surface area (Å²) in [6, 6.07) is 8.04. The molecule has 0 amide bonds. The Hall–Kier alpha value is -1.06. The van der Waals surface area contributed by atoms with Gasteiger partial charge in [0.1, 0.15) is 5.75 Å². The number of benzene rings is 1. The Morgan fingerprint density at radius 2 is 2.22 bits per heavy atom. The minimum Gasteiger partial charge on any atom is -0.497 e. The molecular weight excluding hydrogens is 226 g/mol. The summed E-state index contributed by atoms with van der Waals surface area (Å²) >= 11 is 0. The molecule has 0 saturated heterocycles. The van der Waals surface area contributed by atoms with E-state index in [2.05, 4.69) is 6.07 Å². The van der Waals surface area contributed by atoms with Gasteiger partial charge in [-0.05, 0) is 36.5 Å². The van der Waals surface area contributed by atoms with Gasteiger partial charge in [0.15, 0.2) is 0 Å². The van der Waals surface area contributed by atoms with Gasteiger partial charge < -0.3 is 15.6 Å². The third kappa shape index (κ3) is 3.24. The van der Waals surface area contributed by atoms with E-state index in [1.165, 1.54) is 18.4 Å². The van der Waals surface area contributed by atoms with E-state index in [0.717, 1.165) is 24.5 Å². The zero-order valence-electron chi connectivity index (χ0n) is 11.1. The smallest absolute Gasteiger partial charge is 0.119 e. The summed E-state index contributed by atoms with van der Waals surface area (Å²) in [4.78, 5) is 0. The lowest BCUT2D eigenvalue weighted by Crippen LogP contribution is -2.37. The Labute approximate surface area is 109 Å². The Kier molecular flexibility index (Phi) is 4.25. The molecule has 0 bridgehead atoms. The van der Waals surface area contributed by atoms with Crippen molar-refractivity contribution in [2.24, 2.45) is 17.1 Å². The third-order valence-corrected chi connectivity index (χ3v) is 3.90. The zero-order chi connectivity index (χ0) is 13.0. The van der Waals surface area contributed by atoms with Gasteiger partial charge in [0.05, 0.1) is 13.7 Å². The standard InChI is InChI=1S/C15H23NO2/c1-18-14-4-2-3-13(7-14)9-15(10-16,11-17)8-12-5-6-12/h2-4,7,12,17H,5-6,8-11,16H2,1H3. The molecule has 1 aliphatic carbocycles. The van der Waals surface area contributed by atoms with Crippen molar-refractivity contribution in [1.82, 2.24) is 0 Å². The number of aliphatic hydroxyl groups is 1. The summed E-state index contributed by atoms with van der Waals surface area (Å²) in [6.45, 7) is 0.703. The normalized spacial score (nSPS) is 18.4. The second-order valence-corrected chi connectivity index (χ2v) is 5.54. The van der Waals surface area contributed by atoms with E-state index in [4.69, 9.17) is 10.5 Å². The first-order chi connectivity index (χ1) is 8.71. The number of nitrogens with two attached hydrogens (primary N) is 1.